The lowest BCUT2D eigenvalue weighted by Crippen LogP contribution is -2.67. The number of ether oxygens (including phenoxy) is 1. The van der Waals surface area contributed by atoms with Crippen molar-refractivity contribution in [1.82, 2.24) is 20.9 Å². The van der Waals surface area contributed by atoms with Gasteiger partial charge in [0.1, 0.15) is 11.6 Å². The summed E-state index contributed by atoms with van der Waals surface area (Å²) in [5.41, 5.74) is 6.55. The molecule has 4 aromatic carbocycles. The first-order chi connectivity index (χ1) is 20.0. The van der Waals surface area contributed by atoms with Crippen molar-refractivity contribution in [3.8, 4) is 5.75 Å². The highest BCUT2D eigenvalue weighted by Gasteiger charge is 2.51. The number of pyridine rings is 1. The van der Waals surface area contributed by atoms with E-state index in [0.717, 1.165) is 32.7 Å². The highest BCUT2D eigenvalue weighted by Crippen LogP contribution is 2.38. The number of aromatic nitrogens is 1. The molecular weight excluding hydrogens is 514 g/mol. The number of carbonyl (C=O) groups excluding carboxylic acids is 2. The van der Waals surface area contributed by atoms with Gasteiger partial charge >= 0.3 is 0 Å². The first kappa shape index (κ1) is 26.3. The molecule has 1 unspecified atom stereocenters. The average Bonchev–Trinajstić information content (AvgIpc) is 3.43. The quantitative estimate of drug-likeness (QED) is 0.232. The molecule has 5 aromatic rings. The van der Waals surface area contributed by atoms with Crippen molar-refractivity contribution in [2.75, 3.05) is 18.9 Å². The second-order valence-corrected chi connectivity index (χ2v) is 10.2. The summed E-state index contributed by atoms with van der Waals surface area (Å²) in [6.45, 7) is 0.617. The zero-order valence-corrected chi connectivity index (χ0v) is 22.5. The Bertz CT molecular complexity index is 1720. The number of nitrogens with one attached hydrogen (secondary N) is 3. The number of hydrogen-bond donors (Lipinski definition) is 4. The van der Waals surface area contributed by atoms with Crippen molar-refractivity contribution >= 4 is 39.2 Å². The van der Waals surface area contributed by atoms with E-state index < -0.39 is 11.6 Å². The molecule has 206 valence electrons. The maximum atomic E-state index is 14.1. The van der Waals surface area contributed by atoms with Crippen LogP contribution in [0.2, 0.25) is 0 Å². The van der Waals surface area contributed by atoms with Crippen LogP contribution in [0.15, 0.2) is 103 Å². The van der Waals surface area contributed by atoms with Gasteiger partial charge in [-0.25, -0.2) is 4.98 Å². The van der Waals surface area contributed by atoms with Crippen molar-refractivity contribution in [3.63, 3.8) is 0 Å². The lowest BCUT2D eigenvalue weighted by molar-refractivity contribution is -0.136. The van der Waals surface area contributed by atoms with Gasteiger partial charge in [-0.2, -0.15) is 0 Å². The van der Waals surface area contributed by atoms with Crippen LogP contribution in [0.25, 0.3) is 21.5 Å². The van der Waals surface area contributed by atoms with E-state index in [1.165, 1.54) is 0 Å². The van der Waals surface area contributed by atoms with Crippen LogP contribution < -0.4 is 26.4 Å². The van der Waals surface area contributed by atoms with Crippen LogP contribution in [0, 0.1) is 0 Å². The summed E-state index contributed by atoms with van der Waals surface area (Å²) in [5.74, 6) is 0.0354. The third-order valence-corrected chi connectivity index (χ3v) is 7.68. The number of para-hydroxylation sites is 1. The number of nitrogens with zero attached hydrogens (tertiary/aromatic N) is 1. The molecule has 2 atom stereocenters. The largest absolute Gasteiger partial charge is 0.484 e. The van der Waals surface area contributed by atoms with Crippen molar-refractivity contribution in [2.24, 2.45) is 0 Å². The maximum absolute atomic E-state index is 14.1. The Labute approximate surface area is 237 Å². The summed E-state index contributed by atoms with van der Waals surface area (Å²) in [7, 11) is 0. The molecule has 1 fully saturated rings. The molecule has 2 amide bonds. The molecule has 41 heavy (non-hydrogen) atoms. The Kier molecular flexibility index (Phi) is 7.22. The molecule has 1 aliphatic rings. The van der Waals surface area contributed by atoms with Gasteiger partial charge in [0.25, 0.3) is 11.8 Å². The third kappa shape index (κ3) is 5.29. The zero-order valence-electron chi connectivity index (χ0n) is 22.5. The number of anilines is 1. The summed E-state index contributed by atoms with van der Waals surface area (Å²) >= 11 is 0. The van der Waals surface area contributed by atoms with E-state index in [-0.39, 0.29) is 25.0 Å². The molecule has 0 spiro atoms. The van der Waals surface area contributed by atoms with E-state index >= 15 is 0 Å². The standard InChI is InChI=1S/C33H31N5O3/c34-31-27-14-13-22(19-24(27)15-17-35-31)20-36-32(40)33(38-30(39)21-41-25-9-2-1-3-10-25)29(16-18-37-33)28-12-6-8-23-7-4-5-11-26(23)28/h1-15,17,19,29,37H,16,18,20-21H2,(H2,34,35)(H,36,40)(H,38,39)/t29?,33-/m0/s1. The molecule has 5 N–H and O–H groups in total. The molecule has 1 saturated heterocycles. The summed E-state index contributed by atoms with van der Waals surface area (Å²) in [6.07, 6.45) is 2.34. The highest BCUT2D eigenvalue weighted by atomic mass is 16.5. The molecule has 0 saturated carbocycles. The summed E-state index contributed by atoms with van der Waals surface area (Å²) in [4.78, 5) is 31.6. The van der Waals surface area contributed by atoms with Gasteiger partial charge in [0.15, 0.2) is 12.3 Å². The van der Waals surface area contributed by atoms with Gasteiger partial charge in [-0.3, -0.25) is 14.9 Å². The molecule has 1 aromatic heterocycles. The van der Waals surface area contributed by atoms with Gasteiger partial charge in [0, 0.05) is 24.0 Å². The smallest absolute Gasteiger partial charge is 0.261 e. The molecule has 0 radical (unpaired) electrons. The number of hydrogen-bond acceptors (Lipinski definition) is 6. The maximum Gasteiger partial charge on any atom is 0.261 e. The molecule has 8 nitrogen and oxygen atoms in total. The molecule has 0 bridgehead atoms. The molecule has 2 heterocycles. The fourth-order valence-electron chi connectivity index (χ4n) is 5.73. The van der Waals surface area contributed by atoms with Crippen molar-refractivity contribution in [1.29, 1.82) is 0 Å². The number of benzene rings is 4. The Morgan fingerprint density at radius 1 is 0.927 bits per heavy atom. The van der Waals surface area contributed by atoms with Crippen LogP contribution in [-0.4, -0.2) is 35.6 Å². The number of amides is 2. The average molecular weight is 546 g/mol. The van der Waals surface area contributed by atoms with Gasteiger partial charge in [-0.1, -0.05) is 72.8 Å². The first-order valence-corrected chi connectivity index (χ1v) is 13.7. The fraction of sp³-hybridized carbons (Fsp3) is 0.182. The second-order valence-electron chi connectivity index (χ2n) is 10.2. The van der Waals surface area contributed by atoms with E-state index in [2.05, 4.69) is 39.1 Å². The number of fused-ring (bicyclic) bond motifs is 2. The van der Waals surface area contributed by atoms with Crippen LogP contribution >= 0.6 is 0 Å². The van der Waals surface area contributed by atoms with E-state index in [1.807, 2.05) is 66.7 Å². The molecule has 1 aliphatic heterocycles. The summed E-state index contributed by atoms with van der Waals surface area (Å²) in [5, 5.41) is 13.4. The SMILES string of the molecule is Nc1nccc2cc(CNC(=O)[C@]3(NC(=O)COc4ccccc4)NCCC3c3cccc4ccccc34)ccc12. The summed E-state index contributed by atoms with van der Waals surface area (Å²) in [6, 6.07) is 31.0. The number of rotatable bonds is 8. The van der Waals surface area contributed by atoms with Gasteiger partial charge in [-0.05, 0) is 64.5 Å². The predicted octanol–water partition coefficient (Wildman–Crippen LogP) is 4.26. The van der Waals surface area contributed by atoms with Gasteiger partial charge in [0.2, 0.25) is 0 Å². The monoisotopic (exact) mass is 545 g/mol. The highest BCUT2D eigenvalue weighted by molar-refractivity contribution is 5.95. The molecule has 8 heteroatoms. The normalized spacial score (nSPS) is 18.3. The van der Waals surface area contributed by atoms with Crippen molar-refractivity contribution in [2.45, 2.75) is 24.5 Å². The topological polar surface area (TPSA) is 118 Å². The minimum atomic E-state index is -1.37. The zero-order chi connectivity index (χ0) is 28.2. The van der Waals surface area contributed by atoms with Crippen LogP contribution in [0.4, 0.5) is 5.82 Å². The minimum absolute atomic E-state index is 0.219. The number of nitrogens with two attached hydrogens (primary N) is 1. The lowest BCUT2D eigenvalue weighted by atomic mass is 9.83. The van der Waals surface area contributed by atoms with Crippen LogP contribution in [-0.2, 0) is 16.1 Å². The Balaban J connectivity index is 1.29. The van der Waals surface area contributed by atoms with E-state index in [1.54, 1.807) is 18.3 Å². The van der Waals surface area contributed by atoms with Gasteiger partial charge in [0.05, 0.1) is 0 Å². The Morgan fingerprint density at radius 3 is 2.61 bits per heavy atom. The van der Waals surface area contributed by atoms with E-state index in [9.17, 15) is 9.59 Å². The van der Waals surface area contributed by atoms with Crippen LogP contribution in [0.5, 0.6) is 5.75 Å². The van der Waals surface area contributed by atoms with E-state index in [4.69, 9.17) is 10.5 Å². The predicted molar refractivity (Wildman–Crippen MR) is 160 cm³/mol. The molecule has 6 rings (SSSR count). The van der Waals surface area contributed by atoms with Crippen LogP contribution in [0.1, 0.15) is 23.5 Å². The second kappa shape index (κ2) is 11.3. The molecular formula is C33H31N5O3. The molecule has 0 aliphatic carbocycles. The first-order valence-electron chi connectivity index (χ1n) is 13.7. The fourth-order valence-corrected chi connectivity index (χ4v) is 5.73. The third-order valence-electron chi connectivity index (χ3n) is 7.68. The Morgan fingerprint density at radius 2 is 1.73 bits per heavy atom. The van der Waals surface area contributed by atoms with Gasteiger partial charge < -0.3 is 21.1 Å². The Hall–Kier alpha value is -4.95. The number of carbonyl (C=O) groups is 2. The lowest BCUT2D eigenvalue weighted by Gasteiger charge is -2.36. The number of nitrogen functional groups attached to an aromatic ring is 1. The summed E-state index contributed by atoms with van der Waals surface area (Å²) < 4.78 is 5.71. The van der Waals surface area contributed by atoms with Crippen LogP contribution in [0.3, 0.4) is 0 Å². The van der Waals surface area contributed by atoms with E-state index in [0.29, 0.717) is 24.5 Å². The van der Waals surface area contributed by atoms with Gasteiger partial charge in [-0.15, -0.1) is 0 Å². The van der Waals surface area contributed by atoms with Crippen molar-refractivity contribution < 1.29 is 14.3 Å². The van der Waals surface area contributed by atoms with Crippen molar-refractivity contribution in [3.05, 3.63) is 114 Å². The minimum Gasteiger partial charge on any atom is -0.484 e.